The maximum absolute atomic E-state index is 5.80. The van der Waals surface area contributed by atoms with Gasteiger partial charge >= 0.3 is 0 Å². The normalized spacial score (nSPS) is 19.2. The molecule has 0 aliphatic carbocycles. The highest BCUT2D eigenvalue weighted by Crippen LogP contribution is 2.19. The number of ether oxygens (including phenoxy) is 1. The van der Waals surface area contributed by atoms with Gasteiger partial charge in [-0.3, -0.25) is 9.58 Å². The molecule has 0 spiro atoms. The van der Waals surface area contributed by atoms with Gasteiger partial charge in [-0.2, -0.15) is 5.10 Å². The van der Waals surface area contributed by atoms with Crippen LogP contribution in [-0.2, 0) is 17.8 Å². The van der Waals surface area contributed by atoms with Crippen molar-refractivity contribution in [1.29, 1.82) is 0 Å². The summed E-state index contributed by atoms with van der Waals surface area (Å²) in [5.41, 5.74) is 0. The second kappa shape index (κ2) is 6.35. The number of morpholine rings is 1. The summed E-state index contributed by atoms with van der Waals surface area (Å²) in [6, 6.07) is 5.50. The summed E-state index contributed by atoms with van der Waals surface area (Å²) in [5.74, 6) is 1.57. The lowest BCUT2D eigenvalue weighted by Crippen LogP contribution is -2.43. The van der Waals surface area contributed by atoms with Crippen LogP contribution in [0.2, 0.25) is 0 Å². The molecule has 1 atom stereocenters. The van der Waals surface area contributed by atoms with E-state index in [1.807, 2.05) is 16.9 Å². The quantitative estimate of drug-likeness (QED) is 0.704. The molecular formula is C15H17N5O3. The molecule has 4 heterocycles. The zero-order valence-corrected chi connectivity index (χ0v) is 12.5. The standard InChI is InChI=1S/C15H17N5O3/c1-3-13(22-7-1)15-18-17-14(23-15)11-19-6-8-21-12(9-19)10-20-5-2-4-16-20/h1-5,7,12H,6,8-11H2/t12-/m0/s1. The maximum atomic E-state index is 5.80. The van der Waals surface area contributed by atoms with Crippen molar-refractivity contribution in [3.8, 4) is 11.7 Å². The van der Waals surface area contributed by atoms with Gasteiger partial charge in [0.15, 0.2) is 5.76 Å². The zero-order chi connectivity index (χ0) is 15.5. The van der Waals surface area contributed by atoms with E-state index in [4.69, 9.17) is 13.6 Å². The maximum Gasteiger partial charge on any atom is 0.283 e. The molecule has 0 saturated carbocycles. The minimum atomic E-state index is 0.108. The van der Waals surface area contributed by atoms with Crippen LogP contribution in [0.25, 0.3) is 11.7 Å². The molecule has 0 amide bonds. The van der Waals surface area contributed by atoms with Crippen LogP contribution < -0.4 is 0 Å². The van der Waals surface area contributed by atoms with Gasteiger partial charge in [0.25, 0.3) is 5.89 Å². The highest BCUT2D eigenvalue weighted by atomic mass is 16.5. The van der Waals surface area contributed by atoms with Crippen LogP contribution >= 0.6 is 0 Å². The molecule has 0 N–H and O–H groups in total. The van der Waals surface area contributed by atoms with E-state index in [2.05, 4.69) is 20.2 Å². The van der Waals surface area contributed by atoms with Gasteiger partial charge in [-0.05, 0) is 18.2 Å². The molecule has 120 valence electrons. The fourth-order valence-corrected chi connectivity index (χ4v) is 2.66. The fourth-order valence-electron chi connectivity index (χ4n) is 2.66. The molecule has 23 heavy (non-hydrogen) atoms. The van der Waals surface area contributed by atoms with Gasteiger partial charge in [-0.15, -0.1) is 10.2 Å². The van der Waals surface area contributed by atoms with Crippen LogP contribution in [0.4, 0.5) is 0 Å². The molecular weight excluding hydrogens is 298 g/mol. The van der Waals surface area contributed by atoms with Crippen molar-refractivity contribution in [2.24, 2.45) is 0 Å². The Morgan fingerprint density at radius 2 is 2.26 bits per heavy atom. The Kier molecular flexibility index (Phi) is 3.91. The van der Waals surface area contributed by atoms with Gasteiger partial charge in [0.2, 0.25) is 5.89 Å². The highest BCUT2D eigenvalue weighted by molar-refractivity contribution is 5.42. The van der Waals surface area contributed by atoms with Crippen LogP contribution in [0.3, 0.4) is 0 Å². The predicted octanol–water partition coefficient (Wildman–Crippen LogP) is 1.43. The lowest BCUT2D eigenvalue weighted by atomic mass is 10.2. The average molecular weight is 315 g/mol. The Morgan fingerprint density at radius 1 is 1.26 bits per heavy atom. The largest absolute Gasteiger partial charge is 0.459 e. The third-order valence-electron chi connectivity index (χ3n) is 3.73. The summed E-state index contributed by atoms with van der Waals surface area (Å²) in [7, 11) is 0. The third-order valence-corrected chi connectivity index (χ3v) is 3.73. The van der Waals surface area contributed by atoms with Crippen LogP contribution in [0.15, 0.2) is 45.7 Å². The first kappa shape index (κ1) is 14.2. The molecule has 8 nitrogen and oxygen atoms in total. The van der Waals surface area contributed by atoms with E-state index >= 15 is 0 Å². The molecule has 0 unspecified atom stereocenters. The van der Waals surface area contributed by atoms with Crippen LogP contribution in [0.5, 0.6) is 0 Å². The molecule has 0 bridgehead atoms. The highest BCUT2D eigenvalue weighted by Gasteiger charge is 2.23. The second-order valence-electron chi connectivity index (χ2n) is 5.43. The van der Waals surface area contributed by atoms with E-state index in [1.165, 1.54) is 0 Å². The summed E-state index contributed by atoms with van der Waals surface area (Å²) < 4.78 is 18.6. The molecule has 1 aliphatic rings. The van der Waals surface area contributed by atoms with Crippen molar-refractivity contribution in [3.05, 3.63) is 42.7 Å². The molecule has 3 aromatic heterocycles. The topological polar surface area (TPSA) is 82.4 Å². The molecule has 0 radical (unpaired) electrons. The van der Waals surface area contributed by atoms with Crippen molar-refractivity contribution in [2.75, 3.05) is 19.7 Å². The first-order valence-electron chi connectivity index (χ1n) is 7.54. The Bertz CT molecular complexity index is 722. The number of rotatable bonds is 5. The number of hydrogen-bond donors (Lipinski definition) is 0. The van der Waals surface area contributed by atoms with E-state index in [-0.39, 0.29) is 6.10 Å². The fraction of sp³-hybridized carbons (Fsp3) is 0.400. The summed E-state index contributed by atoms with van der Waals surface area (Å²) >= 11 is 0. The van der Waals surface area contributed by atoms with Gasteiger partial charge in [0, 0.05) is 25.5 Å². The number of hydrogen-bond acceptors (Lipinski definition) is 7. The summed E-state index contributed by atoms with van der Waals surface area (Å²) in [6.45, 7) is 3.68. The van der Waals surface area contributed by atoms with Crippen LogP contribution in [-0.4, -0.2) is 50.7 Å². The lowest BCUT2D eigenvalue weighted by Gasteiger charge is -2.31. The van der Waals surface area contributed by atoms with E-state index in [1.54, 1.807) is 24.6 Å². The first-order valence-corrected chi connectivity index (χ1v) is 7.54. The first-order chi connectivity index (χ1) is 11.4. The predicted molar refractivity (Wildman–Crippen MR) is 79.2 cm³/mol. The van der Waals surface area contributed by atoms with Crippen molar-refractivity contribution in [3.63, 3.8) is 0 Å². The van der Waals surface area contributed by atoms with Crippen molar-refractivity contribution in [2.45, 2.75) is 19.2 Å². The van der Waals surface area contributed by atoms with Gasteiger partial charge < -0.3 is 13.6 Å². The Morgan fingerprint density at radius 3 is 3.09 bits per heavy atom. The number of aromatic nitrogens is 4. The Balaban J connectivity index is 1.37. The summed E-state index contributed by atoms with van der Waals surface area (Å²) in [4.78, 5) is 2.25. The van der Waals surface area contributed by atoms with Crippen LogP contribution in [0, 0.1) is 0 Å². The lowest BCUT2D eigenvalue weighted by molar-refractivity contribution is -0.0422. The Hall–Kier alpha value is -2.45. The summed E-state index contributed by atoms with van der Waals surface area (Å²) in [6.07, 6.45) is 5.41. The van der Waals surface area contributed by atoms with Crippen molar-refractivity contribution >= 4 is 0 Å². The minimum Gasteiger partial charge on any atom is -0.459 e. The summed E-state index contributed by atoms with van der Waals surface area (Å²) in [5, 5.41) is 12.3. The van der Waals surface area contributed by atoms with Gasteiger partial charge in [0.05, 0.1) is 32.1 Å². The molecule has 1 saturated heterocycles. The number of furan rings is 1. The average Bonchev–Trinajstić information content (AvgIpc) is 3.30. The SMILES string of the molecule is c1coc(-c2nnc(CN3CCO[C@H](Cn4cccn4)C3)o2)c1. The molecule has 1 fully saturated rings. The van der Waals surface area contributed by atoms with Crippen LogP contribution in [0.1, 0.15) is 5.89 Å². The molecule has 1 aliphatic heterocycles. The smallest absolute Gasteiger partial charge is 0.283 e. The molecule has 8 heteroatoms. The zero-order valence-electron chi connectivity index (χ0n) is 12.5. The van der Waals surface area contributed by atoms with Gasteiger partial charge in [-0.1, -0.05) is 0 Å². The molecule has 3 aromatic rings. The number of nitrogens with zero attached hydrogens (tertiary/aromatic N) is 5. The van der Waals surface area contributed by atoms with E-state index in [0.717, 1.165) is 19.6 Å². The van der Waals surface area contributed by atoms with Gasteiger partial charge in [-0.25, -0.2) is 0 Å². The van der Waals surface area contributed by atoms with E-state index < -0.39 is 0 Å². The van der Waals surface area contributed by atoms with E-state index in [0.29, 0.717) is 30.7 Å². The van der Waals surface area contributed by atoms with E-state index in [9.17, 15) is 0 Å². The van der Waals surface area contributed by atoms with Crippen molar-refractivity contribution < 1.29 is 13.6 Å². The van der Waals surface area contributed by atoms with Crippen molar-refractivity contribution in [1.82, 2.24) is 24.9 Å². The Labute approximate surface area is 132 Å². The molecule has 4 rings (SSSR count). The van der Waals surface area contributed by atoms with Gasteiger partial charge in [0.1, 0.15) is 0 Å². The molecule has 0 aromatic carbocycles. The monoisotopic (exact) mass is 315 g/mol. The minimum absolute atomic E-state index is 0.108. The third kappa shape index (κ3) is 3.33. The second-order valence-corrected chi connectivity index (χ2v) is 5.43.